The van der Waals surface area contributed by atoms with E-state index >= 15 is 0 Å². The lowest BCUT2D eigenvalue weighted by Gasteiger charge is -2.44. The Balaban J connectivity index is 1.97. The largest absolute Gasteiger partial charge is 0.303 e. The molecule has 2 nitrogen and oxygen atoms in total. The first kappa shape index (κ1) is 7.29. The maximum Gasteiger partial charge on any atom is 0.120 e. The van der Waals surface area contributed by atoms with Gasteiger partial charge in [-0.25, -0.2) is 0 Å². The Bertz CT molecular complexity index is 150. The van der Waals surface area contributed by atoms with Crippen LogP contribution in [0.1, 0.15) is 19.3 Å². The highest BCUT2D eigenvalue weighted by Gasteiger charge is 2.33. The summed E-state index contributed by atoms with van der Waals surface area (Å²) < 4.78 is 0. The van der Waals surface area contributed by atoms with Crippen LogP contribution < -0.4 is 0 Å². The van der Waals surface area contributed by atoms with Crippen molar-refractivity contribution in [3.05, 3.63) is 0 Å². The average molecular weight is 153 g/mol. The van der Waals surface area contributed by atoms with Crippen LogP contribution in [0.15, 0.2) is 0 Å². The van der Waals surface area contributed by atoms with Crippen LogP contribution >= 0.6 is 0 Å². The van der Waals surface area contributed by atoms with Gasteiger partial charge in [0.15, 0.2) is 0 Å². The molecule has 0 N–H and O–H groups in total. The SMILES string of the molecule is O=CCC1CN2CCC1CC2. The molecule has 1 unspecified atom stereocenters. The van der Waals surface area contributed by atoms with Gasteiger partial charge in [-0.3, -0.25) is 0 Å². The van der Waals surface area contributed by atoms with Crippen LogP contribution in [0.2, 0.25) is 0 Å². The summed E-state index contributed by atoms with van der Waals surface area (Å²) in [5.74, 6) is 1.56. The minimum atomic E-state index is 0.690. The molecule has 3 saturated heterocycles. The summed E-state index contributed by atoms with van der Waals surface area (Å²) in [5.41, 5.74) is 0. The molecule has 0 aromatic heterocycles. The summed E-state index contributed by atoms with van der Waals surface area (Å²) in [5, 5.41) is 0. The number of nitrogens with zero attached hydrogens (tertiary/aromatic N) is 1. The Morgan fingerprint density at radius 3 is 2.55 bits per heavy atom. The van der Waals surface area contributed by atoms with Crippen LogP contribution in [-0.2, 0) is 4.79 Å². The standard InChI is InChI=1S/C9H15NO/c11-6-3-9-7-10-4-1-8(9)2-5-10/h6,8-9H,1-5,7H2. The second-order valence-electron chi connectivity index (χ2n) is 3.80. The van der Waals surface area contributed by atoms with Crippen molar-refractivity contribution in [1.29, 1.82) is 0 Å². The van der Waals surface area contributed by atoms with Gasteiger partial charge < -0.3 is 9.69 Å². The first-order valence-electron chi connectivity index (χ1n) is 4.56. The van der Waals surface area contributed by atoms with E-state index < -0.39 is 0 Å². The maximum absolute atomic E-state index is 10.3. The van der Waals surface area contributed by atoms with Gasteiger partial charge >= 0.3 is 0 Å². The monoisotopic (exact) mass is 153 g/mol. The van der Waals surface area contributed by atoms with E-state index in [2.05, 4.69) is 4.90 Å². The van der Waals surface area contributed by atoms with Gasteiger partial charge in [0.25, 0.3) is 0 Å². The molecule has 3 heterocycles. The molecule has 3 aliphatic heterocycles. The molecule has 0 aromatic carbocycles. The van der Waals surface area contributed by atoms with Crippen molar-refractivity contribution in [2.45, 2.75) is 19.3 Å². The number of fused-ring (bicyclic) bond motifs is 3. The lowest BCUT2D eigenvalue weighted by atomic mass is 9.78. The Morgan fingerprint density at radius 2 is 2.09 bits per heavy atom. The summed E-state index contributed by atoms with van der Waals surface area (Å²) in [7, 11) is 0. The molecular formula is C9H15NO. The maximum atomic E-state index is 10.3. The van der Waals surface area contributed by atoms with Crippen molar-refractivity contribution in [2.24, 2.45) is 11.8 Å². The normalized spacial score (nSPS) is 42.4. The number of carbonyl (C=O) groups excluding carboxylic acids is 1. The number of rotatable bonds is 2. The van der Waals surface area contributed by atoms with E-state index in [0.717, 1.165) is 18.6 Å². The van der Waals surface area contributed by atoms with Crippen LogP contribution in [0, 0.1) is 11.8 Å². The van der Waals surface area contributed by atoms with Gasteiger partial charge in [-0.2, -0.15) is 0 Å². The molecule has 0 radical (unpaired) electrons. The molecule has 0 amide bonds. The van der Waals surface area contributed by atoms with Crippen molar-refractivity contribution in [3.63, 3.8) is 0 Å². The van der Waals surface area contributed by atoms with Crippen LogP contribution in [0.4, 0.5) is 0 Å². The van der Waals surface area contributed by atoms with Crippen molar-refractivity contribution in [3.8, 4) is 0 Å². The molecule has 0 saturated carbocycles. The van der Waals surface area contributed by atoms with E-state index in [-0.39, 0.29) is 0 Å². The number of carbonyl (C=O) groups is 1. The Hall–Kier alpha value is -0.370. The quantitative estimate of drug-likeness (QED) is 0.550. The zero-order chi connectivity index (χ0) is 7.68. The van der Waals surface area contributed by atoms with Gasteiger partial charge in [0.1, 0.15) is 6.29 Å². The molecular weight excluding hydrogens is 138 g/mol. The second kappa shape index (κ2) is 2.94. The first-order chi connectivity index (χ1) is 5.40. The average Bonchev–Trinajstić information content (AvgIpc) is 2.07. The highest BCUT2D eigenvalue weighted by molar-refractivity contribution is 5.49. The molecule has 0 aliphatic carbocycles. The van der Waals surface area contributed by atoms with Gasteiger partial charge in [-0.15, -0.1) is 0 Å². The molecule has 3 aliphatic rings. The summed E-state index contributed by atoms with van der Waals surface area (Å²) in [6, 6.07) is 0. The van der Waals surface area contributed by atoms with Crippen LogP contribution in [0.3, 0.4) is 0 Å². The molecule has 2 bridgehead atoms. The Kier molecular flexibility index (Phi) is 1.95. The number of piperidine rings is 3. The molecule has 0 aromatic rings. The Labute approximate surface area is 67.6 Å². The van der Waals surface area contributed by atoms with E-state index in [9.17, 15) is 4.79 Å². The van der Waals surface area contributed by atoms with E-state index in [1.165, 1.54) is 32.5 Å². The van der Waals surface area contributed by atoms with Crippen LogP contribution in [-0.4, -0.2) is 30.8 Å². The lowest BCUT2D eigenvalue weighted by Crippen LogP contribution is -2.47. The van der Waals surface area contributed by atoms with E-state index in [0.29, 0.717) is 5.92 Å². The summed E-state index contributed by atoms with van der Waals surface area (Å²) in [6.45, 7) is 3.74. The summed E-state index contributed by atoms with van der Waals surface area (Å²) in [4.78, 5) is 12.8. The van der Waals surface area contributed by atoms with Gasteiger partial charge in [0.05, 0.1) is 0 Å². The van der Waals surface area contributed by atoms with Gasteiger partial charge in [-0.05, 0) is 37.8 Å². The predicted molar refractivity (Wildman–Crippen MR) is 43.3 cm³/mol. The fourth-order valence-corrected chi connectivity index (χ4v) is 2.48. The number of aldehydes is 1. The topological polar surface area (TPSA) is 20.3 Å². The summed E-state index contributed by atoms with van der Waals surface area (Å²) >= 11 is 0. The zero-order valence-corrected chi connectivity index (χ0v) is 6.83. The zero-order valence-electron chi connectivity index (χ0n) is 6.83. The molecule has 2 heteroatoms. The number of hydrogen-bond acceptors (Lipinski definition) is 2. The predicted octanol–water partition coefficient (Wildman–Crippen LogP) is 0.917. The minimum Gasteiger partial charge on any atom is -0.303 e. The fourth-order valence-electron chi connectivity index (χ4n) is 2.48. The van der Waals surface area contributed by atoms with Gasteiger partial charge in [-0.1, -0.05) is 0 Å². The molecule has 3 rings (SSSR count). The third-order valence-corrected chi connectivity index (χ3v) is 3.19. The van der Waals surface area contributed by atoms with E-state index in [1.807, 2.05) is 0 Å². The summed E-state index contributed by atoms with van der Waals surface area (Å²) in [6.07, 6.45) is 4.55. The second-order valence-corrected chi connectivity index (χ2v) is 3.80. The highest BCUT2D eigenvalue weighted by Crippen LogP contribution is 2.33. The number of hydrogen-bond donors (Lipinski definition) is 0. The molecule has 62 valence electrons. The van der Waals surface area contributed by atoms with Crippen LogP contribution in [0.25, 0.3) is 0 Å². The Morgan fingerprint density at radius 1 is 1.36 bits per heavy atom. The third-order valence-electron chi connectivity index (χ3n) is 3.19. The third kappa shape index (κ3) is 1.32. The van der Waals surface area contributed by atoms with Crippen molar-refractivity contribution in [2.75, 3.05) is 19.6 Å². The van der Waals surface area contributed by atoms with Crippen molar-refractivity contribution < 1.29 is 4.79 Å². The van der Waals surface area contributed by atoms with E-state index in [1.54, 1.807) is 0 Å². The van der Waals surface area contributed by atoms with Crippen LogP contribution in [0.5, 0.6) is 0 Å². The first-order valence-corrected chi connectivity index (χ1v) is 4.56. The molecule has 11 heavy (non-hydrogen) atoms. The molecule has 3 fully saturated rings. The molecule has 0 spiro atoms. The highest BCUT2D eigenvalue weighted by atomic mass is 16.1. The fraction of sp³-hybridized carbons (Fsp3) is 0.889. The van der Waals surface area contributed by atoms with Gasteiger partial charge in [0, 0.05) is 13.0 Å². The van der Waals surface area contributed by atoms with Crippen molar-refractivity contribution >= 4 is 6.29 Å². The van der Waals surface area contributed by atoms with E-state index in [4.69, 9.17) is 0 Å². The lowest BCUT2D eigenvalue weighted by molar-refractivity contribution is -0.110. The van der Waals surface area contributed by atoms with Gasteiger partial charge in [0.2, 0.25) is 0 Å². The van der Waals surface area contributed by atoms with Crippen molar-refractivity contribution in [1.82, 2.24) is 4.90 Å². The minimum absolute atomic E-state index is 0.690. The smallest absolute Gasteiger partial charge is 0.120 e. The molecule has 1 atom stereocenters.